The molecule has 0 atom stereocenters. The van der Waals surface area contributed by atoms with E-state index in [0.29, 0.717) is 39.6 Å². The average Bonchev–Trinajstić information content (AvgIpc) is 2.72. The second-order valence-electron chi connectivity index (χ2n) is 6.13. The van der Waals surface area contributed by atoms with Gasteiger partial charge in [-0.15, -0.1) is 0 Å². The molecule has 0 amide bonds. The minimum atomic E-state index is -2.36. The van der Waals surface area contributed by atoms with E-state index in [1.807, 2.05) is 41.5 Å². The van der Waals surface area contributed by atoms with Crippen molar-refractivity contribution in [2.45, 2.75) is 66.5 Å². The second kappa shape index (κ2) is 25.0. The predicted octanol–water partition coefficient (Wildman–Crippen LogP) is -1.11. The highest BCUT2D eigenvalue weighted by Crippen LogP contribution is 2.18. The van der Waals surface area contributed by atoms with Gasteiger partial charge in [0.25, 0.3) is 0 Å². The van der Waals surface area contributed by atoms with E-state index in [-0.39, 0.29) is 0 Å². The fraction of sp³-hybridized carbons (Fsp3) is 0.947. The zero-order valence-corrected chi connectivity index (χ0v) is 23.1. The Bertz CT molecular complexity index is 343. The van der Waals surface area contributed by atoms with Crippen LogP contribution in [0.2, 0.25) is 12.1 Å². The molecule has 0 aliphatic heterocycles. The molecule has 0 aliphatic carbocycles. The van der Waals surface area contributed by atoms with E-state index in [0.717, 1.165) is 38.0 Å². The number of carbonyl (C=O) groups is 1. The van der Waals surface area contributed by atoms with Gasteiger partial charge in [-0.2, -0.15) is 0 Å². The van der Waals surface area contributed by atoms with Gasteiger partial charge in [0.05, 0.1) is 13.1 Å². The van der Waals surface area contributed by atoms with Gasteiger partial charge >= 0.3 is 17.6 Å². The van der Waals surface area contributed by atoms with Gasteiger partial charge in [0.1, 0.15) is 0 Å². The summed E-state index contributed by atoms with van der Waals surface area (Å²) in [5.41, 5.74) is 7.65. The highest BCUT2D eigenvalue weighted by atomic mass is 28.4. The molecule has 32 heavy (non-hydrogen) atoms. The lowest BCUT2D eigenvalue weighted by atomic mass is 10.5. The maximum Gasteiger partial charge on any atom is 0.501 e. The van der Waals surface area contributed by atoms with Crippen LogP contribution in [-0.2, 0) is 26.6 Å². The van der Waals surface area contributed by atoms with Gasteiger partial charge in [0.15, 0.2) is 0 Å². The summed E-state index contributed by atoms with van der Waals surface area (Å²) in [5.74, 6) is 0. The van der Waals surface area contributed by atoms with E-state index < -0.39 is 23.8 Å². The molecular weight excluding hydrogens is 456 g/mol. The molecule has 0 rings (SSSR count). The molecule has 0 bridgehead atoms. The second-order valence-corrected chi connectivity index (χ2v) is 11.6. The lowest BCUT2D eigenvalue weighted by molar-refractivity contribution is -0.415. The van der Waals surface area contributed by atoms with Crippen LogP contribution >= 0.6 is 0 Å². The zero-order valence-electron chi connectivity index (χ0n) is 21.1. The monoisotopic (exact) mass is 504 g/mol. The van der Waals surface area contributed by atoms with Crippen LogP contribution in [0, 0.1) is 0 Å². The Morgan fingerprint density at radius 2 is 0.781 bits per heavy atom. The van der Waals surface area contributed by atoms with E-state index in [2.05, 4.69) is 11.5 Å². The topological polar surface area (TPSA) is 174 Å². The van der Waals surface area contributed by atoms with E-state index in [1.54, 1.807) is 0 Å². The van der Waals surface area contributed by atoms with Crippen LogP contribution in [0.25, 0.3) is 0 Å². The summed E-state index contributed by atoms with van der Waals surface area (Å²) in [4.78, 5) is 8.33. The molecule has 13 heteroatoms. The van der Waals surface area contributed by atoms with E-state index >= 15 is 0 Å². The Hall–Kier alpha value is -0.616. The molecule has 0 aromatic heterocycles. The van der Waals surface area contributed by atoms with Crippen molar-refractivity contribution < 1.29 is 53.0 Å². The summed E-state index contributed by atoms with van der Waals surface area (Å²) in [5, 5.41) is 16.7. The minimum absolute atomic E-state index is 0.656. The smallest absolute Gasteiger partial charge is 0.501 e. The molecule has 6 N–H and O–H groups in total. The fourth-order valence-electron chi connectivity index (χ4n) is 2.69. The molecule has 0 fully saturated rings. The third-order valence-electron chi connectivity index (χ3n) is 3.65. The Morgan fingerprint density at radius 1 is 0.594 bits per heavy atom. The first kappa shape index (κ1) is 36.0. The van der Waals surface area contributed by atoms with Crippen LogP contribution in [0.15, 0.2) is 0 Å². The van der Waals surface area contributed by atoms with Gasteiger partial charge in [-0.3, -0.25) is 0 Å². The highest BCUT2D eigenvalue weighted by Gasteiger charge is 2.40. The Kier molecular flexibility index (Phi) is 28.1. The van der Waals surface area contributed by atoms with Crippen molar-refractivity contribution in [3.8, 4) is 0 Å². The third-order valence-corrected chi connectivity index (χ3v) is 9.95. The Balaban J connectivity index is -0.000000450. The van der Waals surface area contributed by atoms with Crippen LogP contribution in [0.1, 0.15) is 54.4 Å². The van der Waals surface area contributed by atoms with Crippen LogP contribution in [0.4, 0.5) is 4.79 Å². The first-order valence-electron chi connectivity index (χ1n) is 11.5. The van der Waals surface area contributed by atoms with Crippen LogP contribution in [0.5, 0.6) is 0 Å². The van der Waals surface area contributed by atoms with Gasteiger partial charge in [0.2, 0.25) is 0 Å². The summed E-state index contributed by atoms with van der Waals surface area (Å²) >= 11 is 0. The van der Waals surface area contributed by atoms with E-state index in [4.69, 9.17) is 41.6 Å². The first-order valence-corrected chi connectivity index (χ1v) is 15.4. The molecule has 11 nitrogen and oxygen atoms in total. The van der Waals surface area contributed by atoms with E-state index in [1.165, 1.54) is 0 Å². The summed E-state index contributed by atoms with van der Waals surface area (Å²) < 4.78 is 34.1. The van der Waals surface area contributed by atoms with Gasteiger partial charge in [-0.05, 0) is 47.7 Å². The van der Waals surface area contributed by atoms with Crippen molar-refractivity contribution in [3.05, 3.63) is 0 Å². The van der Waals surface area contributed by atoms with Gasteiger partial charge in [0, 0.05) is 64.6 Å². The molecule has 0 aliphatic rings. The molecule has 0 spiro atoms. The zero-order chi connectivity index (χ0) is 25.3. The van der Waals surface area contributed by atoms with Crippen molar-refractivity contribution in [3.63, 3.8) is 0 Å². The van der Waals surface area contributed by atoms with Gasteiger partial charge in [-0.25, -0.2) is 0 Å². The maximum absolute atomic E-state index is 8.33. The number of hydrogen-bond donors (Lipinski definition) is 2. The third kappa shape index (κ3) is 21.2. The van der Waals surface area contributed by atoms with Crippen molar-refractivity contribution in [2.24, 2.45) is 0 Å². The summed E-state index contributed by atoms with van der Waals surface area (Å²) in [6.07, 6.45) is -0.321. The van der Waals surface area contributed by atoms with Gasteiger partial charge in [-0.1, -0.05) is 0 Å². The van der Waals surface area contributed by atoms with Crippen LogP contribution in [-0.4, -0.2) is 76.5 Å². The van der Waals surface area contributed by atoms with Crippen molar-refractivity contribution in [2.75, 3.05) is 52.7 Å². The molecule has 0 heterocycles. The van der Waals surface area contributed by atoms with Crippen LogP contribution < -0.4 is 21.7 Å². The quantitative estimate of drug-likeness (QED) is 0.219. The standard InChI is InChI=1S/2C9H23NO3Si.CH2O3/c2*1-4-11-14(12-5-2,13-6-3)9-7-8-10;2-1(3)4/h2*4-10H2,1-3H3;(H2,2,3,4). The molecule has 196 valence electrons. The molecule has 0 saturated carbocycles. The summed E-state index contributed by atoms with van der Waals surface area (Å²) in [7, 11) is -4.71. The lowest BCUT2D eigenvalue weighted by Gasteiger charge is -2.28. The molecule has 0 aromatic rings. The normalized spacial score (nSPS) is 11.2. The van der Waals surface area contributed by atoms with Crippen molar-refractivity contribution >= 4 is 23.8 Å². The van der Waals surface area contributed by atoms with Crippen molar-refractivity contribution in [1.29, 1.82) is 0 Å². The van der Waals surface area contributed by atoms with Gasteiger partial charge < -0.3 is 53.0 Å². The summed E-state index contributed by atoms with van der Waals surface area (Å²) in [6, 6.07) is 1.76. The number of carbonyl (C=O) groups excluding carboxylic acids is 1. The molecule has 0 unspecified atom stereocenters. The summed E-state index contributed by atoms with van der Waals surface area (Å²) in [6.45, 7) is 17.6. The number of carboxylic acid groups (broad SMARTS) is 2. The lowest BCUT2D eigenvalue weighted by Crippen LogP contribution is -2.52. The molecule has 0 saturated heterocycles. The molecular formula is C19H48N2O9Si2. The van der Waals surface area contributed by atoms with E-state index in [9.17, 15) is 0 Å². The highest BCUT2D eigenvalue weighted by molar-refractivity contribution is 6.61. The van der Waals surface area contributed by atoms with Crippen molar-refractivity contribution in [1.82, 2.24) is 0 Å². The minimum Gasteiger partial charge on any atom is -0.652 e. The SMILES string of the molecule is CCO[Si](CCC[NH3+])(OCC)OCC.CCO[Si](CCC[NH3+])(OCC)OCC.O=C([O-])[O-]. The average molecular weight is 505 g/mol. The molecule has 0 radical (unpaired) electrons. The number of hydrogen-bond acceptors (Lipinski definition) is 9. The maximum atomic E-state index is 8.33. The Morgan fingerprint density at radius 3 is 0.906 bits per heavy atom. The fourth-order valence-corrected chi connectivity index (χ4v) is 8.06. The first-order chi connectivity index (χ1) is 15.2. The predicted molar refractivity (Wildman–Crippen MR) is 121 cm³/mol. The van der Waals surface area contributed by atoms with Crippen LogP contribution in [0.3, 0.4) is 0 Å². The largest absolute Gasteiger partial charge is 0.652 e. The molecule has 0 aromatic carbocycles. The number of rotatable bonds is 18. The number of quaternary nitrogens is 2. The Labute approximate surface area is 196 Å².